The van der Waals surface area contributed by atoms with Crippen LogP contribution in [-0.2, 0) is 6.18 Å². The van der Waals surface area contributed by atoms with Crippen molar-refractivity contribution in [3.8, 4) is 39.8 Å². The lowest BCUT2D eigenvalue weighted by Gasteiger charge is -2.21. The molecule has 1 aromatic carbocycles. The number of anilines is 1. The summed E-state index contributed by atoms with van der Waals surface area (Å²) in [6.45, 7) is 2.16. The highest BCUT2D eigenvalue weighted by Crippen LogP contribution is 2.48. The van der Waals surface area contributed by atoms with Crippen LogP contribution in [0.25, 0.3) is 22.5 Å². The molecule has 0 spiro atoms. The Morgan fingerprint density at radius 3 is 2.57 bits per heavy atom. The van der Waals surface area contributed by atoms with Crippen LogP contribution in [0.1, 0.15) is 10.7 Å². The Hall–Kier alpha value is -3.08. The van der Waals surface area contributed by atoms with Gasteiger partial charge < -0.3 is 20.3 Å². The van der Waals surface area contributed by atoms with E-state index in [4.69, 9.17) is 15.2 Å². The molecule has 11 heteroatoms. The SMILES string of the molecule is Cc1nc(-c2c(-c3ccc4c(c3O)OCCO4)nc(N)nc2C(F)(F)F)cs1. The summed E-state index contributed by atoms with van der Waals surface area (Å²) in [6, 6.07) is 2.89. The van der Waals surface area contributed by atoms with E-state index in [1.165, 1.54) is 28.8 Å². The second-order valence-electron chi connectivity index (χ2n) is 5.89. The zero-order chi connectivity index (χ0) is 20.1. The summed E-state index contributed by atoms with van der Waals surface area (Å²) in [5.41, 5.74) is 3.82. The number of halogens is 3. The van der Waals surface area contributed by atoms with E-state index >= 15 is 0 Å². The fraction of sp³-hybridized carbons (Fsp3) is 0.235. The first-order valence-electron chi connectivity index (χ1n) is 8.05. The van der Waals surface area contributed by atoms with Gasteiger partial charge in [-0.15, -0.1) is 11.3 Å². The number of hydrogen-bond acceptors (Lipinski definition) is 8. The molecular formula is C17H13F3N4O3S. The summed E-state index contributed by atoms with van der Waals surface area (Å²) >= 11 is 1.18. The fourth-order valence-corrected chi connectivity index (χ4v) is 3.49. The van der Waals surface area contributed by atoms with Crippen LogP contribution in [0.15, 0.2) is 17.5 Å². The molecule has 0 aliphatic carbocycles. The Kier molecular flexibility index (Phi) is 4.26. The largest absolute Gasteiger partial charge is 0.504 e. The van der Waals surface area contributed by atoms with Crippen LogP contribution >= 0.6 is 11.3 Å². The number of nitrogen functional groups attached to an aromatic ring is 1. The molecule has 0 fully saturated rings. The topological polar surface area (TPSA) is 103 Å². The van der Waals surface area contributed by atoms with Crippen molar-refractivity contribution in [3.63, 3.8) is 0 Å². The number of alkyl halides is 3. The molecule has 0 amide bonds. The first kappa shape index (κ1) is 18.3. The second kappa shape index (κ2) is 6.51. The molecule has 3 heterocycles. The minimum atomic E-state index is -4.80. The van der Waals surface area contributed by atoms with Gasteiger partial charge in [-0.3, -0.25) is 0 Å². The Balaban J connectivity index is 2.04. The molecule has 146 valence electrons. The van der Waals surface area contributed by atoms with Crippen molar-refractivity contribution in [3.05, 3.63) is 28.2 Å². The lowest BCUT2D eigenvalue weighted by atomic mass is 10.00. The molecule has 0 saturated carbocycles. The van der Waals surface area contributed by atoms with E-state index in [2.05, 4.69) is 15.0 Å². The summed E-state index contributed by atoms with van der Waals surface area (Å²) in [5.74, 6) is -0.643. The van der Waals surface area contributed by atoms with Crippen LogP contribution in [0.5, 0.6) is 17.2 Å². The maximum Gasteiger partial charge on any atom is 0.434 e. The van der Waals surface area contributed by atoms with Gasteiger partial charge in [-0.25, -0.2) is 15.0 Å². The number of nitrogens with zero attached hydrogens (tertiary/aromatic N) is 3. The van der Waals surface area contributed by atoms with Crippen molar-refractivity contribution in [1.82, 2.24) is 15.0 Å². The third-order valence-electron chi connectivity index (χ3n) is 4.01. The Morgan fingerprint density at radius 2 is 1.89 bits per heavy atom. The molecule has 0 atom stereocenters. The highest BCUT2D eigenvalue weighted by atomic mass is 32.1. The molecule has 1 aliphatic rings. The molecule has 4 rings (SSSR count). The first-order valence-corrected chi connectivity index (χ1v) is 8.93. The van der Waals surface area contributed by atoms with Gasteiger partial charge in [0.15, 0.2) is 17.2 Å². The predicted molar refractivity (Wildman–Crippen MR) is 95.4 cm³/mol. The normalized spacial score (nSPS) is 13.6. The highest BCUT2D eigenvalue weighted by molar-refractivity contribution is 7.09. The minimum absolute atomic E-state index is 0.00417. The van der Waals surface area contributed by atoms with Gasteiger partial charge in [0, 0.05) is 10.9 Å². The zero-order valence-corrected chi connectivity index (χ0v) is 15.2. The van der Waals surface area contributed by atoms with Gasteiger partial charge in [0.2, 0.25) is 11.7 Å². The van der Waals surface area contributed by atoms with Crippen molar-refractivity contribution >= 4 is 17.3 Å². The number of nitrogens with two attached hydrogens (primary N) is 1. The summed E-state index contributed by atoms with van der Waals surface area (Å²) < 4.78 is 51.9. The molecule has 7 nitrogen and oxygen atoms in total. The van der Waals surface area contributed by atoms with Gasteiger partial charge in [0.25, 0.3) is 0 Å². The summed E-state index contributed by atoms with van der Waals surface area (Å²) in [4.78, 5) is 11.5. The zero-order valence-electron chi connectivity index (χ0n) is 14.4. The van der Waals surface area contributed by atoms with Gasteiger partial charge >= 0.3 is 6.18 Å². The molecule has 0 bridgehead atoms. The molecule has 0 radical (unpaired) electrons. The van der Waals surface area contributed by atoms with Gasteiger partial charge in [-0.05, 0) is 19.1 Å². The van der Waals surface area contributed by atoms with Crippen molar-refractivity contribution in [2.45, 2.75) is 13.1 Å². The van der Waals surface area contributed by atoms with Crippen LogP contribution in [0.4, 0.5) is 19.1 Å². The Bertz CT molecular complexity index is 1070. The van der Waals surface area contributed by atoms with Crippen molar-refractivity contribution in [2.24, 2.45) is 0 Å². The summed E-state index contributed by atoms with van der Waals surface area (Å²) in [5, 5.41) is 12.7. The number of aromatic hydroxyl groups is 1. The number of phenols is 1. The standard InChI is InChI=1S/C17H13F3N4O3S/c1-7-22-9(6-28-7)11-12(23-16(21)24-15(11)17(18,19)20)8-2-3-10-14(13(8)25)27-5-4-26-10/h2-3,6,25H,4-5H2,1H3,(H2,21,23,24). The van der Waals surface area contributed by atoms with E-state index in [0.717, 1.165) is 0 Å². The van der Waals surface area contributed by atoms with E-state index in [1.54, 1.807) is 6.92 Å². The molecule has 1 aliphatic heterocycles. The molecule has 28 heavy (non-hydrogen) atoms. The van der Waals surface area contributed by atoms with Crippen molar-refractivity contribution in [1.29, 1.82) is 0 Å². The van der Waals surface area contributed by atoms with E-state index in [-0.39, 0.29) is 40.6 Å². The number of rotatable bonds is 2. The number of fused-ring (bicyclic) bond motifs is 1. The lowest BCUT2D eigenvalue weighted by Crippen LogP contribution is -2.16. The maximum atomic E-state index is 13.7. The molecule has 3 aromatic rings. The number of hydrogen-bond donors (Lipinski definition) is 2. The van der Waals surface area contributed by atoms with E-state index in [0.29, 0.717) is 11.6 Å². The Labute approximate surface area is 160 Å². The third kappa shape index (κ3) is 3.07. The van der Waals surface area contributed by atoms with Gasteiger partial charge in [0.05, 0.1) is 22.0 Å². The van der Waals surface area contributed by atoms with Crippen LogP contribution in [-0.4, -0.2) is 33.3 Å². The first-order chi connectivity index (χ1) is 13.3. The summed E-state index contributed by atoms with van der Waals surface area (Å²) in [6.07, 6.45) is -4.80. The molecule has 3 N–H and O–H groups in total. The average Bonchev–Trinajstić information content (AvgIpc) is 3.07. The maximum absolute atomic E-state index is 13.7. The summed E-state index contributed by atoms with van der Waals surface area (Å²) in [7, 11) is 0. The van der Waals surface area contributed by atoms with Crippen molar-refractivity contribution in [2.75, 3.05) is 18.9 Å². The Morgan fingerprint density at radius 1 is 1.14 bits per heavy atom. The third-order valence-corrected chi connectivity index (χ3v) is 4.78. The van der Waals surface area contributed by atoms with E-state index in [9.17, 15) is 18.3 Å². The van der Waals surface area contributed by atoms with Gasteiger partial charge in [0.1, 0.15) is 13.2 Å². The smallest absolute Gasteiger partial charge is 0.434 e. The van der Waals surface area contributed by atoms with Crippen LogP contribution < -0.4 is 15.2 Å². The minimum Gasteiger partial charge on any atom is -0.504 e. The van der Waals surface area contributed by atoms with Crippen LogP contribution in [0, 0.1) is 6.92 Å². The molecule has 0 saturated heterocycles. The number of ether oxygens (including phenoxy) is 2. The average molecular weight is 410 g/mol. The van der Waals surface area contributed by atoms with E-state index < -0.39 is 23.6 Å². The quantitative estimate of drug-likeness (QED) is 0.665. The number of phenolic OH excluding ortho intramolecular Hbond substituents is 1. The van der Waals surface area contributed by atoms with Crippen LogP contribution in [0.3, 0.4) is 0 Å². The van der Waals surface area contributed by atoms with Gasteiger partial charge in [-0.2, -0.15) is 13.2 Å². The predicted octanol–water partition coefficient (Wildman–Crippen LogP) is 3.65. The molecule has 0 unspecified atom stereocenters. The number of thiazole rings is 1. The number of aryl methyl sites for hydroxylation is 1. The lowest BCUT2D eigenvalue weighted by molar-refractivity contribution is -0.140. The second-order valence-corrected chi connectivity index (χ2v) is 6.95. The number of benzene rings is 1. The number of aromatic nitrogens is 3. The van der Waals surface area contributed by atoms with Crippen molar-refractivity contribution < 1.29 is 27.8 Å². The molecular weight excluding hydrogens is 397 g/mol. The van der Waals surface area contributed by atoms with E-state index in [1.807, 2.05) is 0 Å². The monoisotopic (exact) mass is 410 g/mol. The highest BCUT2D eigenvalue weighted by Gasteiger charge is 2.39. The van der Waals surface area contributed by atoms with Gasteiger partial charge in [-0.1, -0.05) is 0 Å². The fourth-order valence-electron chi connectivity index (χ4n) is 2.89. The van der Waals surface area contributed by atoms with Crippen LogP contribution in [0.2, 0.25) is 0 Å². The molecule has 2 aromatic heterocycles.